The minimum atomic E-state index is -5.23. The summed E-state index contributed by atoms with van der Waals surface area (Å²) >= 11 is 0. The summed E-state index contributed by atoms with van der Waals surface area (Å²) in [5.74, 6) is -1.83. The molecule has 1 aliphatic carbocycles. The lowest BCUT2D eigenvalue weighted by molar-refractivity contribution is -0.138. The van der Waals surface area contributed by atoms with E-state index in [1.54, 1.807) is 13.8 Å². The van der Waals surface area contributed by atoms with Gasteiger partial charge in [-0.3, -0.25) is 9.69 Å². The minimum Gasteiger partial charge on any atom is -0.370 e. The van der Waals surface area contributed by atoms with Gasteiger partial charge in [0, 0.05) is 0 Å². The molecule has 20 heavy (non-hydrogen) atoms. The average molecular weight is 328 g/mol. The molecule has 0 aliphatic heterocycles. The molecule has 0 aromatic heterocycles. The first kappa shape index (κ1) is 17.6. The Labute approximate surface area is 116 Å². The Kier molecular flexibility index (Phi) is 4.71. The fourth-order valence-corrected chi connectivity index (χ4v) is 3.67. The summed E-state index contributed by atoms with van der Waals surface area (Å²) in [6.07, 6.45) is 1.85. The van der Waals surface area contributed by atoms with Crippen LogP contribution in [0.15, 0.2) is 11.6 Å². The number of carbonyl (C=O) groups is 1. The highest BCUT2D eigenvalue weighted by Gasteiger charge is 2.62. The van der Waals surface area contributed by atoms with Crippen LogP contribution in [0.3, 0.4) is 0 Å². The van der Waals surface area contributed by atoms with E-state index in [1.807, 2.05) is 19.9 Å². The molecule has 1 rings (SSSR count). The van der Waals surface area contributed by atoms with Crippen LogP contribution >= 0.6 is 15.6 Å². The van der Waals surface area contributed by atoms with Crippen molar-refractivity contribution in [2.75, 3.05) is 0 Å². The summed E-state index contributed by atoms with van der Waals surface area (Å²) in [5.41, 5.74) is 0.535. The maximum Gasteiger partial charge on any atom is 0.538 e. The fourth-order valence-electron chi connectivity index (χ4n) is 2.12. The second-order valence-corrected chi connectivity index (χ2v) is 8.27. The quantitative estimate of drug-likeness (QED) is 0.516. The van der Waals surface area contributed by atoms with Gasteiger partial charge < -0.3 is 14.3 Å². The van der Waals surface area contributed by atoms with E-state index in [9.17, 15) is 13.9 Å². The number of phosphoric acid groups is 2. The van der Waals surface area contributed by atoms with Crippen LogP contribution in [0.1, 0.15) is 27.7 Å². The Balaban J connectivity index is 2.77. The zero-order valence-electron chi connectivity index (χ0n) is 11.5. The second-order valence-electron chi connectivity index (χ2n) is 5.52. The van der Waals surface area contributed by atoms with E-state index in [1.165, 1.54) is 0 Å². The van der Waals surface area contributed by atoms with E-state index in [2.05, 4.69) is 8.83 Å². The van der Waals surface area contributed by atoms with Gasteiger partial charge in [0.2, 0.25) is 0 Å². The number of allylic oxidation sites excluding steroid dienone is 2. The highest BCUT2D eigenvalue weighted by molar-refractivity contribution is 7.61. The first-order valence-electron chi connectivity index (χ1n) is 5.74. The number of rotatable bonds is 5. The molecule has 3 N–H and O–H groups in total. The largest absolute Gasteiger partial charge is 0.538 e. The van der Waals surface area contributed by atoms with E-state index >= 15 is 0 Å². The molecule has 10 heteroatoms. The van der Waals surface area contributed by atoms with Crippen LogP contribution < -0.4 is 0 Å². The molecule has 0 aromatic carbocycles. The van der Waals surface area contributed by atoms with Gasteiger partial charge in [0.05, 0.1) is 5.92 Å². The van der Waals surface area contributed by atoms with Crippen molar-refractivity contribution in [2.24, 2.45) is 17.3 Å². The van der Waals surface area contributed by atoms with E-state index < -0.39 is 32.9 Å². The summed E-state index contributed by atoms with van der Waals surface area (Å²) in [4.78, 5) is 37.8. The van der Waals surface area contributed by atoms with Crippen LogP contribution in [0.5, 0.6) is 0 Å². The van der Waals surface area contributed by atoms with Gasteiger partial charge in [-0.25, -0.2) is 9.13 Å². The van der Waals surface area contributed by atoms with Crippen molar-refractivity contribution in [1.82, 2.24) is 0 Å². The molecule has 0 spiro atoms. The molecule has 0 heterocycles. The van der Waals surface area contributed by atoms with Gasteiger partial charge in [0.1, 0.15) is 0 Å². The Hall–Kier alpha value is -0.490. The topological polar surface area (TPSA) is 130 Å². The van der Waals surface area contributed by atoms with Gasteiger partial charge in [-0.15, -0.1) is 0 Å². The summed E-state index contributed by atoms with van der Waals surface area (Å²) in [5, 5.41) is 0. The summed E-state index contributed by atoms with van der Waals surface area (Å²) < 4.78 is 29.6. The third-order valence-electron chi connectivity index (χ3n) is 3.09. The summed E-state index contributed by atoms with van der Waals surface area (Å²) in [7, 11) is -10.4. The number of hydrogen-bond donors (Lipinski definition) is 3. The van der Waals surface area contributed by atoms with Crippen molar-refractivity contribution >= 4 is 21.6 Å². The van der Waals surface area contributed by atoms with E-state index in [-0.39, 0.29) is 5.92 Å². The first-order chi connectivity index (χ1) is 8.76. The highest BCUT2D eigenvalue weighted by atomic mass is 31.3. The lowest BCUT2D eigenvalue weighted by Gasteiger charge is -2.12. The second kappa shape index (κ2) is 5.37. The maximum atomic E-state index is 11.8. The Morgan fingerprint density at radius 3 is 2.10 bits per heavy atom. The van der Waals surface area contributed by atoms with Gasteiger partial charge >= 0.3 is 21.6 Å². The third kappa shape index (κ3) is 4.52. The molecule has 1 fully saturated rings. The monoisotopic (exact) mass is 328 g/mol. The lowest BCUT2D eigenvalue weighted by Crippen LogP contribution is -2.10. The molecular weight excluding hydrogens is 310 g/mol. The van der Waals surface area contributed by atoms with Gasteiger partial charge in [-0.2, -0.15) is 4.31 Å². The van der Waals surface area contributed by atoms with Crippen LogP contribution in [-0.4, -0.2) is 20.6 Å². The predicted octanol–water partition coefficient (Wildman–Crippen LogP) is 1.98. The van der Waals surface area contributed by atoms with E-state index in [0.29, 0.717) is 0 Å². The minimum absolute atomic E-state index is 0.157. The van der Waals surface area contributed by atoms with Crippen molar-refractivity contribution in [3.63, 3.8) is 0 Å². The highest BCUT2D eigenvalue weighted by Crippen LogP contribution is 2.63. The third-order valence-corrected chi connectivity index (χ3v) is 5.18. The van der Waals surface area contributed by atoms with Gasteiger partial charge in [0.25, 0.3) is 0 Å². The Morgan fingerprint density at radius 2 is 1.70 bits per heavy atom. The zero-order valence-corrected chi connectivity index (χ0v) is 13.3. The summed E-state index contributed by atoms with van der Waals surface area (Å²) in [6, 6.07) is 0. The predicted molar refractivity (Wildman–Crippen MR) is 69.2 cm³/mol. The SMILES string of the molecule is CC(C)=CC1C(C(=O)OP(=O)(O)OP(=O)(O)O)C1(C)C. The normalized spacial score (nSPS) is 27.4. The van der Waals surface area contributed by atoms with Crippen LogP contribution in [0, 0.1) is 17.3 Å². The van der Waals surface area contributed by atoms with Crippen LogP contribution in [0.25, 0.3) is 0 Å². The van der Waals surface area contributed by atoms with Crippen molar-refractivity contribution in [1.29, 1.82) is 0 Å². The maximum absolute atomic E-state index is 11.8. The molecule has 0 amide bonds. The molecule has 3 atom stereocenters. The standard InChI is InChI=1S/C10H18O8P2/c1-6(2)5-7-8(10(7,3)4)9(11)17-20(15,16)18-19(12,13)14/h5,7-8H,1-4H3,(H,15,16)(H2,12,13,14). The van der Waals surface area contributed by atoms with Crippen LogP contribution in [0.2, 0.25) is 0 Å². The van der Waals surface area contributed by atoms with E-state index in [0.717, 1.165) is 5.57 Å². The lowest BCUT2D eigenvalue weighted by atomic mass is 10.1. The zero-order chi connectivity index (χ0) is 15.9. The molecule has 0 radical (unpaired) electrons. The van der Waals surface area contributed by atoms with E-state index in [4.69, 9.17) is 14.7 Å². The van der Waals surface area contributed by atoms with Crippen molar-refractivity contribution in [3.05, 3.63) is 11.6 Å². The molecule has 116 valence electrons. The number of phosphoric ester groups is 1. The van der Waals surface area contributed by atoms with Crippen molar-refractivity contribution in [2.45, 2.75) is 27.7 Å². The number of hydrogen-bond acceptors (Lipinski definition) is 5. The van der Waals surface area contributed by atoms with Crippen LogP contribution in [0.4, 0.5) is 0 Å². The molecule has 8 nitrogen and oxygen atoms in total. The van der Waals surface area contributed by atoms with Crippen LogP contribution in [-0.2, 0) is 22.8 Å². The molecule has 0 aromatic rings. The van der Waals surface area contributed by atoms with Gasteiger partial charge in [-0.1, -0.05) is 25.5 Å². The number of carbonyl (C=O) groups excluding carboxylic acids is 1. The fraction of sp³-hybridized carbons (Fsp3) is 0.700. The Bertz CT molecular complexity index is 527. The molecule has 0 saturated heterocycles. The average Bonchev–Trinajstić information content (AvgIpc) is 2.60. The molecule has 3 unspecified atom stereocenters. The molecule has 1 saturated carbocycles. The molecule has 0 bridgehead atoms. The molecule has 1 aliphatic rings. The van der Waals surface area contributed by atoms with Crippen molar-refractivity contribution in [3.8, 4) is 0 Å². The molecular formula is C10H18O8P2. The van der Waals surface area contributed by atoms with Gasteiger partial charge in [-0.05, 0) is 25.2 Å². The first-order valence-corrected chi connectivity index (χ1v) is 8.77. The Morgan fingerprint density at radius 1 is 1.20 bits per heavy atom. The smallest absolute Gasteiger partial charge is 0.370 e. The summed E-state index contributed by atoms with van der Waals surface area (Å²) in [6.45, 7) is 7.28. The van der Waals surface area contributed by atoms with Gasteiger partial charge in [0.15, 0.2) is 0 Å². The van der Waals surface area contributed by atoms with Crippen molar-refractivity contribution < 1.29 is 37.4 Å².